The van der Waals surface area contributed by atoms with Crippen molar-refractivity contribution in [1.29, 1.82) is 0 Å². The molecule has 0 aliphatic rings. The third kappa shape index (κ3) is 5.80. The molecular weight excluding hydrogens is 332 g/mol. The Morgan fingerprint density at radius 3 is 2.35 bits per heavy atom. The molecule has 0 spiro atoms. The molecule has 0 fully saturated rings. The highest BCUT2D eigenvalue weighted by molar-refractivity contribution is 6.04. The van der Waals surface area contributed by atoms with Gasteiger partial charge < -0.3 is 9.57 Å². The number of carbonyl (C=O) groups is 1. The van der Waals surface area contributed by atoms with Crippen LogP contribution in [0.2, 0.25) is 0 Å². The average molecular weight is 343 g/mol. The maximum atomic E-state index is 12.9. The van der Waals surface area contributed by atoms with E-state index in [2.05, 4.69) is 14.7 Å². The lowest BCUT2D eigenvalue weighted by molar-refractivity contribution is -0.148. The van der Waals surface area contributed by atoms with E-state index in [-0.39, 0.29) is 6.61 Å². The lowest BCUT2D eigenvalue weighted by Crippen LogP contribution is -2.25. The summed E-state index contributed by atoms with van der Waals surface area (Å²) in [7, 11) is 0. The Bertz CT molecular complexity index is 580. The van der Waals surface area contributed by atoms with E-state index in [0.717, 1.165) is 12.1 Å². The van der Waals surface area contributed by atoms with Gasteiger partial charge in [0.05, 0.1) is 12.2 Å². The second-order valence-corrected chi connectivity index (χ2v) is 4.09. The smallest absolute Gasteiger partial charge is 0.437 e. The van der Waals surface area contributed by atoms with Crippen LogP contribution in [-0.4, -0.2) is 31.1 Å². The summed E-state index contributed by atoms with van der Waals surface area (Å²) in [4.78, 5) is 15.2. The lowest BCUT2D eigenvalue weighted by atomic mass is 10.1. The maximum absolute atomic E-state index is 12.9. The first-order valence-electron chi connectivity index (χ1n) is 6.16. The van der Waals surface area contributed by atoms with E-state index in [1.165, 1.54) is 6.92 Å². The number of rotatable bonds is 5. The van der Waals surface area contributed by atoms with Gasteiger partial charge in [-0.25, -0.2) is 4.79 Å². The lowest BCUT2D eigenvalue weighted by Gasteiger charge is -2.12. The SMILES string of the molecule is CCOC(=O)CON=C(c1cccc(C(F)(F)F)c1)C(F)(F)F. The third-order valence-corrected chi connectivity index (χ3v) is 2.38. The van der Waals surface area contributed by atoms with Crippen LogP contribution in [0.5, 0.6) is 0 Å². The van der Waals surface area contributed by atoms with Crippen molar-refractivity contribution in [1.82, 2.24) is 0 Å². The van der Waals surface area contributed by atoms with Crippen molar-refractivity contribution in [3.63, 3.8) is 0 Å². The molecule has 0 bridgehead atoms. The van der Waals surface area contributed by atoms with E-state index < -0.39 is 41.8 Å². The normalized spacial score (nSPS) is 12.9. The molecule has 0 amide bonds. The Labute approximate surface area is 126 Å². The summed E-state index contributed by atoms with van der Waals surface area (Å²) in [6, 6.07) is 2.52. The van der Waals surface area contributed by atoms with Gasteiger partial charge in [0, 0.05) is 5.56 Å². The van der Waals surface area contributed by atoms with Gasteiger partial charge in [0.15, 0.2) is 5.71 Å². The Hall–Kier alpha value is -2.26. The van der Waals surface area contributed by atoms with Crippen molar-refractivity contribution in [2.75, 3.05) is 13.2 Å². The second-order valence-electron chi connectivity index (χ2n) is 4.09. The largest absolute Gasteiger partial charge is 0.463 e. The van der Waals surface area contributed by atoms with Crippen LogP contribution in [0.15, 0.2) is 29.4 Å². The third-order valence-electron chi connectivity index (χ3n) is 2.38. The van der Waals surface area contributed by atoms with Gasteiger partial charge in [-0.3, -0.25) is 0 Å². The van der Waals surface area contributed by atoms with E-state index in [1.807, 2.05) is 0 Å². The molecule has 1 aromatic carbocycles. The molecule has 23 heavy (non-hydrogen) atoms. The van der Waals surface area contributed by atoms with E-state index in [0.29, 0.717) is 12.1 Å². The molecule has 0 aliphatic heterocycles. The number of carbonyl (C=O) groups excluding carboxylic acids is 1. The minimum atomic E-state index is -5.07. The number of hydrogen-bond acceptors (Lipinski definition) is 4. The predicted octanol–water partition coefficient (Wildman–Crippen LogP) is 3.55. The summed E-state index contributed by atoms with van der Waals surface area (Å²) >= 11 is 0. The van der Waals surface area contributed by atoms with Gasteiger partial charge in [0.2, 0.25) is 6.61 Å². The van der Waals surface area contributed by atoms with E-state index in [9.17, 15) is 31.1 Å². The fourth-order valence-corrected chi connectivity index (χ4v) is 1.46. The Morgan fingerprint density at radius 1 is 1.17 bits per heavy atom. The van der Waals surface area contributed by atoms with Crippen LogP contribution in [0.3, 0.4) is 0 Å². The molecule has 0 radical (unpaired) electrons. The number of halogens is 6. The van der Waals surface area contributed by atoms with Crippen molar-refractivity contribution in [2.45, 2.75) is 19.3 Å². The Morgan fingerprint density at radius 2 is 1.83 bits per heavy atom. The summed E-state index contributed by atoms with van der Waals surface area (Å²) in [6.07, 6.45) is -9.88. The number of esters is 1. The topological polar surface area (TPSA) is 47.9 Å². The zero-order valence-corrected chi connectivity index (χ0v) is 11.7. The fourth-order valence-electron chi connectivity index (χ4n) is 1.46. The standard InChI is InChI=1S/C13H11F6NO3/c1-2-22-10(21)7-23-20-11(13(17,18)19)8-4-3-5-9(6-8)12(14,15)16/h3-6H,2,7H2,1H3. The zero-order valence-electron chi connectivity index (χ0n) is 11.7. The Kier molecular flexibility index (Phi) is 5.99. The number of ether oxygens (including phenoxy) is 1. The summed E-state index contributed by atoms with van der Waals surface area (Å²) in [5.74, 6) is -0.957. The van der Waals surface area contributed by atoms with Gasteiger partial charge in [-0.1, -0.05) is 17.3 Å². The molecule has 0 unspecified atom stereocenters. The first-order valence-corrected chi connectivity index (χ1v) is 6.16. The number of alkyl halides is 6. The molecule has 10 heteroatoms. The average Bonchev–Trinajstić information content (AvgIpc) is 2.42. The van der Waals surface area contributed by atoms with Crippen LogP contribution in [0.1, 0.15) is 18.1 Å². The van der Waals surface area contributed by atoms with Crippen molar-refractivity contribution < 1.29 is 40.7 Å². The molecule has 0 atom stereocenters. The summed E-state index contributed by atoms with van der Waals surface area (Å²) in [5.41, 5.74) is -3.79. The van der Waals surface area contributed by atoms with E-state index in [1.54, 1.807) is 0 Å². The molecule has 0 aliphatic carbocycles. The van der Waals surface area contributed by atoms with Gasteiger partial charge in [-0.05, 0) is 19.1 Å². The second kappa shape index (κ2) is 7.34. The molecule has 0 N–H and O–H groups in total. The molecule has 1 aromatic rings. The molecule has 128 valence electrons. The van der Waals surface area contributed by atoms with Gasteiger partial charge in [0.1, 0.15) is 0 Å². The summed E-state index contributed by atoms with van der Waals surface area (Å²) < 4.78 is 80.8. The van der Waals surface area contributed by atoms with Gasteiger partial charge in [0.25, 0.3) is 0 Å². The molecule has 0 saturated heterocycles. The number of oxime groups is 1. The van der Waals surface area contributed by atoms with Crippen LogP contribution in [0.4, 0.5) is 26.3 Å². The predicted molar refractivity (Wildman–Crippen MR) is 66.6 cm³/mol. The van der Waals surface area contributed by atoms with Crippen molar-refractivity contribution in [3.05, 3.63) is 35.4 Å². The van der Waals surface area contributed by atoms with Crippen LogP contribution >= 0.6 is 0 Å². The molecule has 0 saturated carbocycles. The van der Waals surface area contributed by atoms with Gasteiger partial charge >= 0.3 is 18.3 Å². The van der Waals surface area contributed by atoms with Crippen LogP contribution in [-0.2, 0) is 20.5 Å². The van der Waals surface area contributed by atoms with Gasteiger partial charge in [-0.15, -0.1) is 0 Å². The van der Waals surface area contributed by atoms with Gasteiger partial charge in [-0.2, -0.15) is 26.3 Å². The van der Waals surface area contributed by atoms with Crippen LogP contribution in [0.25, 0.3) is 0 Å². The van der Waals surface area contributed by atoms with Crippen molar-refractivity contribution >= 4 is 11.7 Å². The maximum Gasteiger partial charge on any atom is 0.437 e. The number of hydrogen-bond donors (Lipinski definition) is 0. The monoisotopic (exact) mass is 343 g/mol. The first-order chi connectivity index (χ1) is 10.6. The van der Waals surface area contributed by atoms with Crippen molar-refractivity contribution in [3.8, 4) is 0 Å². The van der Waals surface area contributed by atoms with Crippen LogP contribution < -0.4 is 0 Å². The highest BCUT2D eigenvalue weighted by Gasteiger charge is 2.39. The van der Waals surface area contributed by atoms with Crippen LogP contribution in [0, 0.1) is 0 Å². The van der Waals surface area contributed by atoms with Crippen molar-refractivity contribution in [2.24, 2.45) is 5.16 Å². The first kappa shape index (κ1) is 18.8. The summed E-state index contributed by atoms with van der Waals surface area (Å²) in [5, 5.41) is 2.73. The highest BCUT2D eigenvalue weighted by atomic mass is 19.4. The molecular formula is C13H11F6NO3. The zero-order chi connectivity index (χ0) is 17.7. The van der Waals surface area contributed by atoms with E-state index in [4.69, 9.17) is 0 Å². The fraction of sp³-hybridized carbons (Fsp3) is 0.385. The van der Waals surface area contributed by atoms with E-state index >= 15 is 0 Å². The number of benzene rings is 1. The minimum Gasteiger partial charge on any atom is -0.463 e. The highest BCUT2D eigenvalue weighted by Crippen LogP contribution is 2.31. The quantitative estimate of drug-likeness (QED) is 0.356. The molecule has 4 nitrogen and oxygen atoms in total. The summed E-state index contributed by atoms with van der Waals surface area (Å²) in [6.45, 7) is 0.572. The molecule has 0 heterocycles. The molecule has 1 rings (SSSR count). The number of nitrogens with zero attached hydrogens (tertiary/aromatic N) is 1. The minimum absolute atomic E-state index is 0.00827. The molecule has 0 aromatic heterocycles. The Balaban J connectivity index is 3.06.